The molecule has 3 atom stereocenters. The maximum absolute atomic E-state index is 12.7. The Kier molecular flexibility index (Phi) is 3.47. The van der Waals surface area contributed by atoms with Crippen molar-refractivity contribution in [3.8, 4) is 0 Å². The highest BCUT2D eigenvalue weighted by atomic mass is 16.2. The standard InChI is InChI=1S/C19H22N2O2/c1-12(10-13-11-20-17-9-5-4-6-14(13)17)21-18(22)15-7-2-3-8-16(15)19(21)23/h4-6,9,11-12,15-16,20H,2-3,7-8,10H2,1H3/t12-,15-,16+/m0/s1. The topological polar surface area (TPSA) is 53.2 Å². The third kappa shape index (κ3) is 2.28. The van der Waals surface area contributed by atoms with E-state index >= 15 is 0 Å². The Morgan fingerprint density at radius 2 is 1.78 bits per heavy atom. The first-order valence-electron chi connectivity index (χ1n) is 8.58. The zero-order valence-electron chi connectivity index (χ0n) is 13.4. The van der Waals surface area contributed by atoms with Gasteiger partial charge in [-0.3, -0.25) is 14.5 Å². The van der Waals surface area contributed by atoms with Crippen molar-refractivity contribution in [1.82, 2.24) is 9.88 Å². The van der Waals surface area contributed by atoms with Gasteiger partial charge < -0.3 is 4.98 Å². The number of H-pyrrole nitrogens is 1. The number of aromatic amines is 1. The molecule has 1 aromatic carbocycles. The third-order valence-corrected chi connectivity index (χ3v) is 5.51. The molecule has 1 aromatic heterocycles. The van der Waals surface area contributed by atoms with Crippen LogP contribution in [0.4, 0.5) is 0 Å². The number of carbonyl (C=O) groups excluding carboxylic acids is 2. The van der Waals surface area contributed by atoms with E-state index in [0.717, 1.165) is 31.2 Å². The summed E-state index contributed by atoms with van der Waals surface area (Å²) in [5, 5.41) is 1.18. The van der Waals surface area contributed by atoms with Gasteiger partial charge in [0.05, 0.1) is 11.8 Å². The van der Waals surface area contributed by atoms with Gasteiger partial charge in [-0.2, -0.15) is 0 Å². The molecule has 2 fully saturated rings. The number of aromatic nitrogens is 1. The second-order valence-corrected chi connectivity index (χ2v) is 6.96. The van der Waals surface area contributed by atoms with Gasteiger partial charge in [0.25, 0.3) is 0 Å². The fourth-order valence-electron chi connectivity index (χ4n) is 4.33. The Morgan fingerprint density at radius 1 is 1.13 bits per heavy atom. The van der Waals surface area contributed by atoms with Crippen molar-refractivity contribution < 1.29 is 9.59 Å². The Morgan fingerprint density at radius 3 is 2.48 bits per heavy atom. The molecule has 1 aliphatic heterocycles. The van der Waals surface area contributed by atoms with Crippen molar-refractivity contribution in [2.75, 3.05) is 0 Å². The van der Waals surface area contributed by atoms with Gasteiger partial charge in [-0.05, 0) is 37.8 Å². The van der Waals surface area contributed by atoms with Crippen LogP contribution in [0.5, 0.6) is 0 Å². The lowest BCUT2D eigenvalue weighted by Gasteiger charge is -2.23. The van der Waals surface area contributed by atoms with Crippen molar-refractivity contribution in [3.05, 3.63) is 36.0 Å². The predicted octanol–water partition coefficient (Wildman–Crippen LogP) is 3.27. The minimum Gasteiger partial charge on any atom is -0.361 e. The van der Waals surface area contributed by atoms with Gasteiger partial charge >= 0.3 is 0 Å². The van der Waals surface area contributed by atoms with Crippen LogP contribution in [0.25, 0.3) is 10.9 Å². The van der Waals surface area contributed by atoms with Crippen LogP contribution in [0, 0.1) is 11.8 Å². The molecule has 2 heterocycles. The van der Waals surface area contributed by atoms with Crippen LogP contribution in [0.2, 0.25) is 0 Å². The van der Waals surface area contributed by atoms with Gasteiger partial charge in [-0.25, -0.2) is 0 Å². The van der Waals surface area contributed by atoms with E-state index in [9.17, 15) is 9.59 Å². The molecule has 0 spiro atoms. The summed E-state index contributed by atoms with van der Waals surface area (Å²) in [4.78, 5) is 30.2. The lowest BCUT2D eigenvalue weighted by atomic mass is 9.81. The monoisotopic (exact) mass is 310 g/mol. The molecule has 1 saturated carbocycles. The van der Waals surface area contributed by atoms with Crippen molar-refractivity contribution in [2.45, 2.75) is 45.1 Å². The summed E-state index contributed by atoms with van der Waals surface area (Å²) in [7, 11) is 0. The number of nitrogens with one attached hydrogen (secondary N) is 1. The number of likely N-dealkylation sites (tertiary alicyclic amines) is 1. The van der Waals surface area contributed by atoms with Crippen molar-refractivity contribution >= 4 is 22.7 Å². The fourth-order valence-corrected chi connectivity index (χ4v) is 4.33. The maximum Gasteiger partial charge on any atom is 0.233 e. The Labute approximate surface area is 135 Å². The van der Waals surface area contributed by atoms with E-state index in [1.54, 1.807) is 4.90 Å². The zero-order valence-corrected chi connectivity index (χ0v) is 13.4. The smallest absolute Gasteiger partial charge is 0.233 e. The van der Waals surface area contributed by atoms with Gasteiger partial charge in [0, 0.05) is 23.1 Å². The van der Waals surface area contributed by atoms with Gasteiger partial charge in [0.15, 0.2) is 0 Å². The van der Waals surface area contributed by atoms with Gasteiger partial charge in [-0.1, -0.05) is 31.0 Å². The highest BCUT2D eigenvalue weighted by molar-refractivity contribution is 6.05. The molecule has 4 heteroatoms. The van der Waals surface area contributed by atoms with Crippen LogP contribution in [0.1, 0.15) is 38.2 Å². The molecule has 1 N–H and O–H groups in total. The van der Waals surface area contributed by atoms with Gasteiger partial charge in [-0.15, -0.1) is 0 Å². The van der Waals surface area contributed by atoms with Crippen molar-refractivity contribution in [3.63, 3.8) is 0 Å². The fraction of sp³-hybridized carbons (Fsp3) is 0.474. The van der Waals surface area contributed by atoms with Gasteiger partial charge in [0.1, 0.15) is 0 Å². The van der Waals surface area contributed by atoms with E-state index in [-0.39, 0.29) is 29.7 Å². The number of imide groups is 1. The molecule has 2 amide bonds. The predicted molar refractivity (Wildman–Crippen MR) is 88.8 cm³/mol. The van der Waals surface area contributed by atoms with Crippen LogP contribution in [-0.4, -0.2) is 27.7 Å². The van der Waals surface area contributed by atoms with Crippen molar-refractivity contribution in [1.29, 1.82) is 0 Å². The summed E-state index contributed by atoms with van der Waals surface area (Å²) >= 11 is 0. The minimum atomic E-state index is -0.0835. The van der Waals surface area contributed by atoms with E-state index in [4.69, 9.17) is 0 Å². The minimum absolute atomic E-state index is 0.0540. The number of carbonyl (C=O) groups is 2. The second-order valence-electron chi connectivity index (χ2n) is 6.96. The van der Waals surface area contributed by atoms with E-state index in [2.05, 4.69) is 11.1 Å². The summed E-state index contributed by atoms with van der Waals surface area (Å²) in [5.41, 5.74) is 2.27. The largest absolute Gasteiger partial charge is 0.361 e. The van der Waals surface area contributed by atoms with Crippen LogP contribution in [-0.2, 0) is 16.0 Å². The molecule has 2 aromatic rings. The summed E-state index contributed by atoms with van der Waals surface area (Å²) < 4.78 is 0. The number of para-hydroxylation sites is 1. The van der Waals surface area contributed by atoms with E-state index in [1.807, 2.05) is 31.3 Å². The zero-order chi connectivity index (χ0) is 16.0. The Hall–Kier alpha value is -2.10. The number of benzene rings is 1. The Bertz CT molecular complexity index is 740. The van der Waals surface area contributed by atoms with E-state index in [1.165, 1.54) is 10.9 Å². The molecule has 1 saturated heterocycles. The van der Waals surface area contributed by atoms with Crippen molar-refractivity contribution in [2.24, 2.45) is 11.8 Å². The normalized spacial score (nSPS) is 25.9. The molecule has 0 unspecified atom stereocenters. The average Bonchev–Trinajstić information content (AvgIpc) is 3.08. The van der Waals surface area contributed by atoms with E-state index < -0.39 is 0 Å². The van der Waals surface area contributed by atoms with Crippen LogP contribution < -0.4 is 0 Å². The summed E-state index contributed by atoms with van der Waals surface area (Å²) in [6.07, 6.45) is 6.62. The first-order chi connectivity index (χ1) is 11.2. The van der Waals surface area contributed by atoms with E-state index in [0.29, 0.717) is 6.42 Å². The van der Waals surface area contributed by atoms with Gasteiger partial charge in [0.2, 0.25) is 11.8 Å². The molecule has 0 radical (unpaired) electrons. The molecule has 23 heavy (non-hydrogen) atoms. The molecule has 2 aliphatic rings. The highest BCUT2D eigenvalue weighted by Gasteiger charge is 2.49. The molecule has 120 valence electrons. The highest BCUT2D eigenvalue weighted by Crippen LogP contribution is 2.39. The number of hydrogen-bond acceptors (Lipinski definition) is 2. The molecular weight excluding hydrogens is 288 g/mol. The number of rotatable bonds is 3. The quantitative estimate of drug-likeness (QED) is 0.885. The molecular formula is C19H22N2O2. The number of fused-ring (bicyclic) bond motifs is 2. The lowest BCUT2D eigenvalue weighted by molar-refractivity contribution is -0.142. The SMILES string of the molecule is C[C@@H](Cc1c[nH]c2ccccc12)N1C(=O)[C@H]2CCCC[C@H]2C1=O. The summed E-state index contributed by atoms with van der Waals surface area (Å²) in [6.45, 7) is 1.99. The average molecular weight is 310 g/mol. The Balaban J connectivity index is 1.58. The first-order valence-corrected chi connectivity index (χ1v) is 8.58. The lowest BCUT2D eigenvalue weighted by Crippen LogP contribution is -2.40. The molecule has 4 rings (SSSR count). The number of amides is 2. The molecule has 4 nitrogen and oxygen atoms in total. The second kappa shape index (κ2) is 5.52. The summed E-state index contributed by atoms with van der Waals surface area (Å²) in [6, 6.07) is 8.07. The first kappa shape index (κ1) is 14.5. The number of nitrogens with zero attached hydrogens (tertiary/aromatic N) is 1. The van der Waals surface area contributed by atoms with Crippen LogP contribution in [0.15, 0.2) is 30.5 Å². The molecule has 1 aliphatic carbocycles. The molecule has 0 bridgehead atoms. The maximum atomic E-state index is 12.7. The van der Waals surface area contributed by atoms with Crippen LogP contribution >= 0.6 is 0 Å². The van der Waals surface area contributed by atoms with Crippen LogP contribution in [0.3, 0.4) is 0 Å². The summed E-state index contributed by atoms with van der Waals surface area (Å²) in [5.74, 6) is 0.0161. The third-order valence-electron chi connectivity index (χ3n) is 5.51. The number of hydrogen-bond donors (Lipinski definition) is 1.